The van der Waals surface area contributed by atoms with Gasteiger partial charge in [-0.1, -0.05) is 46.6 Å². The summed E-state index contributed by atoms with van der Waals surface area (Å²) in [5, 5.41) is 13.8. The van der Waals surface area contributed by atoms with Gasteiger partial charge in [0.05, 0.1) is 22.0 Å². The van der Waals surface area contributed by atoms with Crippen molar-refractivity contribution in [3.8, 4) is 0 Å². The molecule has 0 aliphatic heterocycles. The number of halogens is 2. The van der Waals surface area contributed by atoms with Crippen molar-refractivity contribution in [1.82, 2.24) is 10.1 Å². The van der Waals surface area contributed by atoms with Crippen molar-refractivity contribution in [2.75, 3.05) is 0 Å². The number of hydrogen-bond acceptors (Lipinski definition) is 4. The van der Waals surface area contributed by atoms with Gasteiger partial charge in [-0.15, -0.1) is 0 Å². The number of hydrogen-bond donors (Lipinski definition) is 1. The van der Waals surface area contributed by atoms with Crippen molar-refractivity contribution >= 4 is 29.2 Å². The van der Waals surface area contributed by atoms with Gasteiger partial charge in [0.2, 0.25) is 5.89 Å². The molecule has 0 fully saturated rings. The van der Waals surface area contributed by atoms with Gasteiger partial charge in [0.15, 0.2) is 5.82 Å². The second kappa shape index (κ2) is 7.03. The summed E-state index contributed by atoms with van der Waals surface area (Å²) in [5.41, 5.74) is 2.07. The molecule has 0 saturated heterocycles. The maximum Gasteiger partial charge on any atom is 0.335 e. The number of aromatic carboxylic acids is 1. The lowest BCUT2D eigenvalue weighted by Crippen LogP contribution is -1.97. The summed E-state index contributed by atoms with van der Waals surface area (Å²) in [6, 6.07) is 11.9. The van der Waals surface area contributed by atoms with Crippen LogP contribution in [0.25, 0.3) is 0 Å². The Morgan fingerprint density at radius 1 is 1.00 bits per heavy atom. The number of benzene rings is 2. The summed E-state index contributed by atoms with van der Waals surface area (Å²) < 4.78 is 5.24. The van der Waals surface area contributed by atoms with Crippen LogP contribution in [0.2, 0.25) is 10.0 Å². The van der Waals surface area contributed by atoms with Crippen molar-refractivity contribution in [2.45, 2.75) is 12.8 Å². The zero-order valence-corrected chi connectivity index (χ0v) is 13.9. The number of aromatic nitrogens is 2. The number of carboxylic acid groups (broad SMARTS) is 1. The predicted molar refractivity (Wildman–Crippen MR) is 89.8 cm³/mol. The molecular formula is C17H12Cl2N2O3. The van der Waals surface area contributed by atoms with Crippen LogP contribution in [0.5, 0.6) is 0 Å². The standard InChI is InChI=1S/C17H12Cl2N2O3/c18-13-6-3-11(7-14(13)19)9-16-20-15(21-24-16)8-10-1-4-12(5-2-10)17(22)23/h1-7H,8-9H2,(H,22,23). The monoisotopic (exact) mass is 362 g/mol. The average Bonchev–Trinajstić information content (AvgIpc) is 2.98. The minimum Gasteiger partial charge on any atom is -0.478 e. The van der Waals surface area contributed by atoms with E-state index in [0.717, 1.165) is 11.1 Å². The van der Waals surface area contributed by atoms with Gasteiger partial charge in [-0.3, -0.25) is 0 Å². The molecule has 2 aromatic carbocycles. The lowest BCUT2D eigenvalue weighted by molar-refractivity contribution is 0.0697. The van der Waals surface area contributed by atoms with Gasteiger partial charge in [0, 0.05) is 6.42 Å². The van der Waals surface area contributed by atoms with Crippen molar-refractivity contribution in [1.29, 1.82) is 0 Å². The highest BCUT2D eigenvalue weighted by molar-refractivity contribution is 6.42. The van der Waals surface area contributed by atoms with Gasteiger partial charge >= 0.3 is 5.97 Å². The molecule has 0 radical (unpaired) electrons. The van der Waals surface area contributed by atoms with Crippen LogP contribution in [0.15, 0.2) is 47.0 Å². The Kier molecular flexibility index (Phi) is 4.83. The third kappa shape index (κ3) is 3.93. The van der Waals surface area contributed by atoms with Gasteiger partial charge in [-0.05, 0) is 35.4 Å². The predicted octanol–water partition coefficient (Wildman–Crippen LogP) is 4.26. The van der Waals surface area contributed by atoms with Crippen LogP contribution in [0.1, 0.15) is 33.2 Å². The minimum atomic E-state index is -0.954. The molecule has 1 N–H and O–H groups in total. The largest absolute Gasteiger partial charge is 0.478 e. The highest BCUT2D eigenvalue weighted by Gasteiger charge is 2.10. The van der Waals surface area contributed by atoms with Crippen LogP contribution in [0.3, 0.4) is 0 Å². The van der Waals surface area contributed by atoms with Gasteiger partial charge in [0.25, 0.3) is 0 Å². The van der Waals surface area contributed by atoms with Gasteiger partial charge in [-0.2, -0.15) is 4.98 Å². The Balaban J connectivity index is 1.68. The fourth-order valence-electron chi connectivity index (χ4n) is 2.21. The van der Waals surface area contributed by atoms with E-state index in [1.807, 2.05) is 6.07 Å². The average molecular weight is 363 g/mol. The molecule has 7 heteroatoms. The SMILES string of the molecule is O=C(O)c1ccc(Cc2noc(Cc3ccc(Cl)c(Cl)c3)n2)cc1. The zero-order chi connectivity index (χ0) is 17.1. The van der Waals surface area contributed by atoms with E-state index in [4.69, 9.17) is 32.8 Å². The Morgan fingerprint density at radius 2 is 1.71 bits per heavy atom. The lowest BCUT2D eigenvalue weighted by atomic mass is 10.1. The Labute approximate surface area is 147 Å². The smallest absolute Gasteiger partial charge is 0.335 e. The number of carboxylic acids is 1. The molecule has 0 amide bonds. The van der Waals surface area contributed by atoms with Gasteiger partial charge in [-0.25, -0.2) is 4.79 Å². The second-order valence-electron chi connectivity index (χ2n) is 5.21. The zero-order valence-electron chi connectivity index (χ0n) is 12.4. The van der Waals surface area contributed by atoms with Crippen LogP contribution in [-0.4, -0.2) is 21.2 Å². The third-order valence-electron chi connectivity index (χ3n) is 3.41. The van der Waals surface area contributed by atoms with E-state index in [1.54, 1.807) is 36.4 Å². The molecule has 0 saturated carbocycles. The Hall–Kier alpha value is -2.37. The first-order chi connectivity index (χ1) is 11.5. The molecule has 3 rings (SSSR count). The first-order valence-corrected chi connectivity index (χ1v) is 7.84. The van der Waals surface area contributed by atoms with Crippen LogP contribution < -0.4 is 0 Å². The first-order valence-electron chi connectivity index (χ1n) is 7.09. The minimum absolute atomic E-state index is 0.243. The molecule has 122 valence electrons. The number of rotatable bonds is 5. The van der Waals surface area contributed by atoms with Crippen molar-refractivity contribution < 1.29 is 14.4 Å². The summed E-state index contributed by atoms with van der Waals surface area (Å²) >= 11 is 11.9. The van der Waals surface area contributed by atoms with E-state index < -0.39 is 5.97 Å². The molecule has 24 heavy (non-hydrogen) atoms. The summed E-state index contributed by atoms with van der Waals surface area (Å²) in [7, 11) is 0. The molecule has 3 aromatic rings. The van der Waals surface area contributed by atoms with Crippen LogP contribution >= 0.6 is 23.2 Å². The molecule has 0 atom stereocenters. The maximum atomic E-state index is 10.8. The summed E-state index contributed by atoms with van der Waals surface area (Å²) in [5.74, 6) is 0.0590. The highest BCUT2D eigenvalue weighted by Crippen LogP contribution is 2.23. The highest BCUT2D eigenvalue weighted by atomic mass is 35.5. The van der Waals surface area contributed by atoms with E-state index in [2.05, 4.69) is 10.1 Å². The fraction of sp³-hybridized carbons (Fsp3) is 0.118. The van der Waals surface area contributed by atoms with Crippen LogP contribution in [-0.2, 0) is 12.8 Å². The summed E-state index contributed by atoms with van der Waals surface area (Å²) in [6.07, 6.45) is 0.923. The normalized spacial score (nSPS) is 10.8. The number of carbonyl (C=O) groups is 1. The van der Waals surface area contributed by atoms with Gasteiger partial charge in [0.1, 0.15) is 0 Å². The molecule has 1 aromatic heterocycles. The summed E-state index contributed by atoms with van der Waals surface area (Å²) in [4.78, 5) is 15.2. The van der Waals surface area contributed by atoms with Crippen molar-refractivity contribution in [2.24, 2.45) is 0 Å². The molecule has 0 spiro atoms. The Morgan fingerprint density at radius 3 is 2.38 bits per heavy atom. The van der Waals surface area contributed by atoms with E-state index in [0.29, 0.717) is 34.6 Å². The van der Waals surface area contributed by atoms with Crippen molar-refractivity contribution in [3.63, 3.8) is 0 Å². The molecule has 5 nitrogen and oxygen atoms in total. The van der Waals surface area contributed by atoms with E-state index in [-0.39, 0.29) is 5.56 Å². The maximum absolute atomic E-state index is 10.8. The van der Waals surface area contributed by atoms with Crippen LogP contribution in [0.4, 0.5) is 0 Å². The van der Waals surface area contributed by atoms with E-state index >= 15 is 0 Å². The number of nitrogens with zero attached hydrogens (tertiary/aromatic N) is 2. The molecule has 0 aliphatic rings. The molecule has 0 bridgehead atoms. The van der Waals surface area contributed by atoms with Crippen molar-refractivity contribution in [3.05, 3.63) is 80.9 Å². The molecular weight excluding hydrogens is 351 g/mol. The Bertz CT molecular complexity index is 876. The summed E-state index contributed by atoms with van der Waals surface area (Å²) in [6.45, 7) is 0. The molecule has 0 aliphatic carbocycles. The molecule has 1 heterocycles. The van der Waals surface area contributed by atoms with E-state index in [1.165, 1.54) is 0 Å². The molecule has 0 unspecified atom stereocenters. The quantitative estimate of drug-likeness (QED) is 0.733. The lowest BCUT2D eigenvalue weighted by Gasteiger charge is -1.99. The third-order valence-corrected chi connectivity index (χ3v) is 4.15. The van der Waals surface area contributed by atoms with E-state index in [9.17, 15) is 4.79 Å². The second-order valence-corrected chi connectivity index (χ2v) is 6.02. The van der Waals surface area contributed by atoms with Crippen LogP contribution in [0, 0.1) is 0 Å². The fourth-order valence-corrected chi connectivity index (χ4v) is 2.53. The van der Waals surface area contributed by atoms with Gasteiger partial charge < -0.3 is 9.63 Å². The topological polar surface area (TPSA) is 76.2 Å². The first kappa shape index (κ1) is 16.5.